The fourth-order valence-electron chi connectivity index (χ4n) is 2.12. The Balaban J connectivity index is 2.34. The maximum absolute atomic E-state index is 3.62. The first-order valence-electron chi connectivity index (χ1n) is 7.06. The van der Waals surface area contributed by atoms with E-state index >= 15 is 0 Å². The molecule has 3 heteroatoms. The van der Waals surface area contributed by atoms with Gasteiger partial charge in [-0.15, -0.1) is 0 Å². The predicted molar refractivity (Wildman–Crippen MR) is 79.9 cm³/mol. The second-order valence-electron chi connectivity index (χ2n) is 5.96. The summed E-state index contributed by atoms with van der Waals surface area (Å²) >= 11 is 2.13. The summed E-state index contributed by atoms with van der Waals surface area (Å²) in [6, 6.07) is 1.31. The van der Waals surface area contributed by atoms with Crippen molar-refractivity contribution < 1.29 is 0 Å². The third-order valence-corrected chi connectivity index (χ3v) is 5.24. The molecule has 0 bridgehead atoms. The monoisotopic (exact) mass is 258 g/mol. The zero-order valence-corrected chi connectivity index (χ0v) is 13.1. The molecule has 1 fully saturated rings. The van der Waals surface area contributed by atoms with Crippen molar-refractivity contribution in [2.75, 3.05) is 25.4 Å². The van der Waals surface area contributed by atoms with Gasteiger partial charge in [0.05, 0.1) is 0 Å². The molecule has 2 nitrogen and oxygen atoms in total. The Morgan fingerprint density at radius 3 is 2.65 bits per heavy atom. The highest BCUT2D eigenvalue weighted by Gasteiger charge is 2.25. The maximum Gasteiger partial charge on any atom is 0.0192 e. The highest BCUT2D eigenvalue weighted by atomic mass is 32.2. The first-order chi connectivity index (χ1) is 7.94. The van der Waals surface area contributed by atoms with Crippen LogP contribution in [0.15, 0.2) is 0 Å². The smallest absolute Gasteiger partial charge is 0.0192 e. The van der Waals surface area contributed by atoms with Crippen LogP contribution in [0.2, 0.25) is 0 Å². The minimum atomic E-state index is 0.471. The van der Waals surface area contributed by atoms with Crippen LogP contribution in [-0.4, -0.2) is 47.1 Å². The summed E-state index contributed by atoms with van der Waals surface area (Å²) in [6.07, 6.45) is 2.53. The molecule has 1 rings (SSSR count). The van der Waals surface area contributed by atoms with E-state index in [0.717, 1.165) is 6.54 Å². The van der Waals surface area contributed by atoms with Crippen LogP contribution in [0.25, 0.3) is 0 Å². The molecule has 2 unspecified atom stereocenters. The van der Waals surface area contributed by atoms with Crippen molar-refractivity contribution in [2.24, 2.45) is 0 Å². The van der Waals surface area contributed by atoms with Gasteiger partial charge in [-0.1, -0.05) is 20.8 Å². The first-order valence-corrected chi connectivity index (χ1v) is 8.04. The van der Waals surface area contributed by atoms with Crippen molar-refractivity contribution in [1.82, 2.24) is 10.2 Å². The molecule has 17 heavy (non-hydrogen) atoms. The molecule has 102 valence electrons. The Hall–Kier alpha value is 0.270. The lowest BCUT2D eigenvalue weighted by Crippen LogP contribution is -2.43. The molecular weight excluding hydrogens is 228 g/mol. The summed E-state index contributed by atoms with van der Waals surface area (Å²) in [5.74, 6) is 1.28. The molecule has 0 saturated carbocycles. The van der Waals surface area contributed by atoms with Gasteiger partial charge in [-0.05, 0) is 33.2 Å². The van der Waals surface area contributed by atoms with Crippen LogP contribution in [0.3, 0.4) is 0 Å². The summed E-state index contributed by atoms with van der Waals surface area (Å²) in [6.45, 7) is 15.3. The van der Waals surface area contributed by atoms with E-state index in [-0.39, 0.29) is 0 Å². The summed E-state index contributed by atoms with van der Waals surface area (Å²) in [5, 5.41) is 3.62. The van der Waals surface area contributed by atoms with Crippen LogP contribution in [0.1, 0.15) is 47.5 Å². The molecule has 1 heterocycles. The predicted octanol–water partition coefficient (Wildman–Crippen LogP) is 2.98. The molecule has 2 atom stereocenters. The molecule has 0 amide bonds. The number of rotatable bonds is 5. The van der Waals surface area contributed by atoms with Gasteiger partial charge in [0.2, 0.25) is 0 Å². The molecule has 1 aliphatic rings. The SMILES string of the molecule is CCC(C)NCC(C)N1CCSC(C)(C)CC1. The Morgan fingerprint density at radius 2 is 2.00 bits per heavy atom. The van der Waals surface area contributed by atoms with E-state index < -0.39 is 0 Å². The Kier molecular flexibility index (Phi) is 6.32. The zero-order chi connectivity index (χ0) is 12.9. The van der Waals surface area contributed by atoms with E-state index in [1.54, 1.807) is 0 Å². The fraction of sp³-hybridized carbons (Fsp3) is 1.00. The van der Waals surface area contributed by atoms with Gasteiger partial charge in [-0.2, -0.15) is 11.8 Å². The summed E-state index contributed by atoms with van der Waals surface area (Å²) < 4.78 is 0.471. The van der Waals surface area contributed by atoms with Gasteiger partial charge in [0.25, 0.3) is 0 Å². The van der Waals surface area contributed by atoms with Gasteiger partial charge in [0.1, 0.15) is 0 Å². The lowest BCUT2D eigenvalue weighted by Gasteiger charge is -2.29. The van der Waals surface area contributed by atoms with Crippen LogP contribution < -0.4 is 5.32 Å². The summed E-state index contributed by atoms with van der Waals surface area (Å²) in [7, 11) is 0. The minimum absolute atomic E-state index is 0.471. The largest absolute Gasteiger partial charge is 0.313 e. The van der Waals surface area contributed by atoms with Crippen LogP contribution >= 0.6 is 11.8 Å². The number of hydrogen-bond acceptors (Lipinski definition) is 3. The first kappa shape index (κ1) is 15.3. The molecule has 0 aromatic rings. The second kappa shape index (κ2) is 7.01. The van der Waals surface area contributed by atoms with E-state index in [0.29, 0.717) is 16.8 Å². The lowest BCUT2D eigenvalue weighted by molar-refractivity contribution is 0.209. The molecule has 1 saturated heterocycles. The van der Waals surface area contributed by atoms with Crippen molar-refractivity contribution >= 4 is 11.8 Å². The van der Waals surface area contributed by atoms with Crippen molar-refractivity contribution in [3.05, 3.63) is 0 Å². The normalized spacial score (nSPS) is 25.2. The summed E-state index contributed by atoms with van der Waals surface area (Å²) in [5.41, 5.74) is 0. The molecule has 0 spiro atoms. The second-order valence-corrected chi connectivity index (χ2v) is 7.76. The molecule has 0 aromatic heterocycles. The van der Waals surface area contributed by atoms with E-state index in [9.17, 15) is 0 Å². The Morgan fingerprint density at radius 1 is 1.29 bits per heavy atom. The van der Waals surface area contributed by atoms with Gasteiger partial charge in [-0.25, -0.2) is 0 Å². The number of thioether (sulfide) groups is 1. The van der Waals surface area contributed by atoms with E-state index in [4.69, 9.17) is 0 Å². The van der Waals surface area contributed by atoms with Crippen molar-refractivity contribution in [2.45, 2.75) is 64.3 Å². The molecular formula is C14H30N2S. The molecule has 1 aliphatic heterocycles. The lowest BCUT2D eigenvalue weighted by atomic mass is 10.1. The highest BCUT2D eigenvalue weighted by Crippen LogP contribution is 2.31. The van der Waals surface area contributed by atoms with Crippen LogP contribution in [-0.2, 0) is 0 Å². The third kappa shape index (κ3) is 5.62. The van der Waals surface area contributed by atoms with Gasteiger partial charge in [0, 0.05) is 35.7 Å². The van der Waals surface area contributed by atoms with Gasteiger partial charge in [0.15, 0.2) is 0 Å². The van der Waals surface area contributed by atoms with Crippen molar-refractivity contribution in [3.63, 3.8) is 0 Å². The maximum atomic E-state index is 3.62. The average molecular weight is 258 g/mol. The third-order valence-electron chi connectivity index (χ3n) is 3.87. The van der Waals surface area contributed by atoms with Crippen LogP contribution in [0.5, 0.6) is 0 Å². The van der Waals surface area contributed by atoms with Crippen molar-refractivity contribution in [3.8, 4) is 0 Å². The van der Waals surface area contributed by atoms with Gasteiger partial charge >= 0.3 is 0 Å². The molecule has 1 N–H and O–H groups in total. The molecule has 0 aliphatic carbocycles. The van der Waals surface area contributed by atoms with Crippen LogP contribution in [0.4, 0.5) is 0 Å². The molecule has 0 aromatic carbocycles. The number of nitrogens with one attached hydrogen (secondary N) is 1. The standard InChI is InChI=1S/C14H30N2S/c1-6-12(2)15-11-13(3)16-8-7-14(4,5)17-10-9-16/h12-13,15H,6-11H2,1-5H3. The van der Waals surface area contributed by atoms with Crippen molar-refractivity contribution in [1.29, 1.82) is 0 Å². The number of hydrogen-bond donors (Lipinski definition) is 1. The topological polar surface area (TPSA) is 15.3 Å². The van der Waals surface area contributed by atoms with Crippen LogP contribution in [0, 0.1) is 0 Å². The fourth-order valence-corrected chi connectivity index (χ4v) is 3.24. The summed E-state index contributed by atoms with van der Waals surface area (Å²) in [4.78, 5) is 2.65. The number of nitrogens with zero attached hydrogens (tertiary/aromatic N) is 1. The van der Waals surface area contributed by atoms with Gasteiger partial charge < -0.3 is 5.32 Å². The zero-order valence-electron chi connectivity index (χ0n) is 12.3. The Bertz CT molecular complexity index is 218. The molecule has 0 radical (unpaired) electrons. The minimum Gasteiger partial charge on any atom is -0.313 e. The average Bonchev–Trinajstić information content (AvgIpc) is 2.46. The quantitative estimate of drug-likeness (QED) is 0.816. The van der Waals surface area contributed by atoms with E-state index in [2.05, 4.69) is 56.6 Å². The van der Waals surface area contributed by atoms with E-state index in [1.807, 2.05) is 0 Å². The Labute approximate surface area is 112 Å². The van der Waals surface area contributed by atoms with Gasteiger partial charge in [-0.3, -0.25) is 4.90 Å². The van der Waals surface area contributed by atoms with E-state index in [1.165, 1.54) is 31.7 Å². The highest BCUT2D eigenvalue weighted by molar-refractivity contribution is 8.00.